The fourth-order valence-corrected chi connectivity index (χ4v) is 1.19. The molecule has 3 rings (SSSR count). The molecule has 1 N–H and O–H groups in total. The van der Waals surface area contributed by atoms with Crippen molar-refractivity contribution in [3.8, 4) is 11.4 Å². The number of anilines is 1. The first-order chi connectivity index (χ1) is 6.92. The van der Waals surface area contributed by atoms with Crippen LogP contribution < -0.4 is 5.32 Å². The molecule has 0 unspecified atom stereocenters. The number of hydrogen-bond donors (Lipinski definition) is 1. The Morgan fingerprint density at radius 1 is 1.43 bits per heavy atom. The van der Waals surface area contributed by atoms with Gasteiger partial charge in [0.2, 0.25) is 5.82 Å². The van der Waals surface area contributed by atoms with E-state index in [0.717, 1.165) is 5.56 Å². The minimum atomic E-state index is 0.490. The van der Waals surface area contributed by atoms with E-state index in [9.17, 15) is 0 Å². The molecule has 1 aliphatic rings. The molecule has 0 aliphatic heterocycles. The number of nitrogens with one attached hydrogen (secondary N) is 1. The van der Waals surface area contributed by atoms with Crippen molar-refractivity contribution >= 4 is 6.01 Å². The lowest BCUT2D eigenvalue weighted by Gasteiger charge is -1.92. The van der Waals surface area contributed by atoms with Gasteiger partial charge in [-0.1, -0.05) is 5.16 Å². The molecule has 0 bridgehead atoms. The molecule has 14 heavy (non-hydrogen) atoms. The Morgan fingerprint density at radius 3 is 3.07 bits per heavy atom. The molecule has 72 valence electrons. The van der Waals surface area contributed by atoms with Crippen LogP contribution in [0.3, 0.4) is 0 Å². The van der Waals surface area contributed by atoms with Gasteiger partial charge in [-0.15, -0.1) is 0 Å². The Hall–Kier alpha value is -1.78. The second-order valence-electron chi connectivity index (χ2n) is 3.35. The minimum Gasteiger partial charge on any atom is -0.472 e. The molecule has 2 aromatic heterocycles. The molecule has 0 saturated heterocycles. The lowest BCUT2D eigenvalue weighted by atomic mass is 10.3. The van der Waals surface area contributed by atoms with Gasteiger partial charge < -0.3 is 14.3 Å². The van der Waals surface area contributed by atoms with Gasteiger partial charge in [0.1, 0.15) is 6.26 Å². The van der Waals surface area contributed by atoms with E-state index >= 15 is 0 Å². The summed E-state index contributed by atoms with van der Waals surface area (Å²) in [6, 6.07) is 2.81. The molecule has 0 spiro atoms. The Bertz CT molecular complexity index is 417. The van der Waals surface area contributed by atoms with Gasteiger partial charge in [-0.05, 0) is 18.9 Å². The van der Waals surface area contributed by atoms with Gasteiger partial charge in [-0.3, -0.25) is 0 Å². The molecular weight excluding hydrogens is 182 g/mol. The fraction of sp³-hybridized carbons (Fsp3) is 0.333. The molecule has 0 atom stereocenters. The molecule has 0 radical (unpaired) electrons. The molecular formula is C9H9N3O2. The second-order valence-corrected chi connectivity index (χ2v) is 3.35. The highest BCUT2D eigenvalue weighted by molar-refractivity contribution is 5.53. The van der Waals surface area contributed by atoms with Crippen LogP contribution in [0.25, 0.3) is 11.4 Å². The summed E-state index contributed by atoms with van der Waals surface area (Å²) in [4.78, 5) is 4.18. The maximum Gasteiger partial charge on any atom is 0.322 e. The largest absolute Gasteiger partial charge is 0.472 e. The van der Waals surface area contributed by atoms with E-state index in [1.165, 1.54) is 12.8 Å². The Morgan fingerprint density at radius 2 is 2.36 bits per heavy atom. The highest BCUT2D eigenvalue weighted by atomic mass is 16.5. The van der Waals surface area contributed by atoms with E-state index in [1.54, 1.807) is 18.6 Å². The van der Waals surface area contributed by atoms with Crippen molar-refractivity contribution in [3.63, 3.8) is 0 Å². The SMILES string of the molecule is c1cc(-c2noc(NC3CC3)n2)co1. The molecule has 0 amide bonds. The van der Waals surface area contributed by atoms with Gasteiger partial charge in [-0.25, -0.2) is 0 Å². The highest BCUT2D eigenvalue weighted by Crippen LogP contribution is 2.25. The van der Waals surface area contributed by atoms with Gasteiger partial charge in [0.05, 0.1) is 11.8 Å². The van der Waals surface area contributed by atoms with E-state index in [2.05, 4.69) is 15.5 Å². The summed E-state index contributed by atoms with van der Waals surface area (Å²) in [5, 5.41) is 6.96. The summed E-state index contributed by atoms with van der Waals surface area (Å²) in [5.74, 6) is 0.557. The first-order valence-corrected chi connectivity index (χ1v) is 4.54. The van der Waals surface area contributed by atoms with Gasteiger partial charge in [0, 0.05) is 6.04 Å². The smallest absolute Gasteiger partial charge is 0.322 e. The number of nitrogens with zero attached hydrogens (tertiary/aromatic N) is 2. The summed E-state index contributed by atoms with van der Waals surface area (Å²) in [7, 11) is 0. The first kappa shape index (κ1) is 7.61. The van der Waals surface area contributed by atoms with Crippen molar-refractivity contribution < 1.29 is 8.94 Å². The fourth-order valence-electron chi connectivity index (χ4n) is 1.19. The third kappa shape index (κ3) is 1.37. The highest BCUT2D eigenvalue weighted by Gasteiger charge is 2.23. The maximum atomic E-state index is 5.03. The molecule has 2 heterocycles. The van der Waals surface area contributed by atoms with E-state index in [1.807, 2.05) is 0 Å². The molecule has 5 heteroatoms. The van der Waals surface area contributed by atoms with Crippen LogP contribution in [-0.2, 0) is 0 Å². The van der Waals surface area contributed by atoms with Crippen molar-refractivity contribution in [2.24, 2.45) is 0 Å². The second kappa shape index (κ2) is 2.87. The molecule has 5 nitrogen and oxygen atoms in total. The predicted molar refractivity (Wildman–Crippen MR) is 48.6 cm³/mol. The summed E-state index contributed by atoms with van der Waals surface area (Å²) >= 11 is 0. The van der Waals surface area contributed by atoms with Crippen LogP contribution in [-0.4, -0.2) is 16.2 Å². The molecule has 0 aromatic carbocycles. The summed E-state index contributed by atoms with van der Waals surface area (Å²) in [6.45, 7) is 0. The minimum absolute atomic E-state index is 0.490. The topological polar surface area (TPSA) is 64.1 Å². The Kier molecular flexibility index (Phi) is 1.56. The zero-order valence-electron chi connectivity index (χ0n) is 7.43. The average Bonchev–Trinajstić information content (AvgIpc) is 2.71. The van der Waals surface area contributed by atoms with Crippen molar-refractivity contribution in [3.05, 3.63) is 18.6 Å². The van der Waals surface area contributed by atoms with Crippen LogP contribution in [0.1, 0.15) is 12.8 Å². The average molecular weight is 191 g/mol. The first-order valence-electron chi connectivity index (χ1n) is 4.54. The van der Waals surface area contributed by atoms with Crippen molar-refractivity contribution in [2.45, 2.75) is 18.9 Å². The van der Waals surface area contributed by atoms with Gasteiger partial charge in [0.15, 0.2) is 0 Å². The van der Waals surface area contributed by atoms with Crippen LogP contribution >= 0.6 is 0 Å². The summed E-state index contributed by atoms with van der Waals surface area (Å²) in [6.07, 6.45) is 5.54. The van der Waals surface area contributed by atoms with Gasteiger partial charge in [0.25, 0.3) is 0 Å². The summed E-state index contributed by atoms with van der Waals surface area (Å²) < 4.78 is 9.95. The van der Waals surface area contributed by atoms with Crippen LogP contribution in [0.2, 0.25) is 0 Å². The van der Waals surface area contributed by atoms with Crippen molar-refractivity contribution in [1.29, 1.82) is 0 Å². The van der Waals surface area contributed by atoms with Crippen LogP contribution in [0.4, 0.5) is 6.01 Å². The van der Waals surface area contributed by atoms with E-state index in [4.69, 9.17) is 8.94 Å². The standard InChI is InChI=1S/C9H9N3O2/c1-2-7(1)10-9-11-8(12-14-9)6-3-4-13-5-6/h3-5,7H,1-2H2,(H,10,11,12). The molecule has 2 aromatic rings. The number of aromatic nitrogens is 2. The quantitative estimate of drug-likeness (QED) is 0.802. The zero-order valence-corrected chi connectivity index (χ0v) is 7.43. The van der Waals surface area contributed by atoms with Crippen molar-refractivity contribution in [1.82, 2.24) is 10.1 Å². The predicted octanol–water partition coefficient (Wildman–Crippen LogP) is 1.90. The molecule has 1 saturated carbocycles. The van der Waals surface area contributed by atoms with Gasteiger partial charge in [-0.2, -0.15) is 4.98 Å². The zero-order chi connectivity index (χ0) is 9.38. The number of rotatable bonds is 3. The van der Waals surface area contributed by atoms with E-state index in [0.29, 0.717) is 17.9 Å². The van der Waals surface area contributed by atoms with E-state index < -0.39 is 0 Å². The van der Waals surface area contributed by atoms with Crippen LogP contribution in [0.15, 0.2) is 27.5 Å². The summed E-state index contributed by atoms with van der Waals surface area (Å²) in [5.41, 5.74) is 0.831. The van der Waals surface area contributed by atoms with Crippen LogP contribution in [0, 0.1) is 0 Å². The monoisotopic (exact) mass is 191 g/mol. The maximum absolute atomic E-state index is 5.03. The third-order valence-corrected chi connectivity index (χ3v) is 2.11. The number of furan rings is 1. The Balaban J connectivity index is 1.82. The van der Waals surface area contributed by atoms with Gasteiger partial charge >= 0.3 is 6.01 Å². The molecule has 1 fully saturated rings. The van der Waals surface area contributed by atoms with Crippen LogP contribution in [0.5, 0.6) is 0 Å². The number of hydrogen-bond acceptors (Lipinski definition) is 5. The van der Waals surface area contributed by atoms with Crippen molar-refractivity contribution in [2.75, 3.05) is 5.32 Å². The normalized spacial score (nSPS) is 15.7. The van der Waals surface area contributed by atoms with E-state index in [-0.39, 0.29) is 0 Å². The lowest BCUT2D eigenvalue weighted by Crippen LogP contribution is -2.00. The Labute approximate surface area is 80.1 Å². The third-order valence-electron chi connectivity index (χ3n) is 2.11. The lowest BCUT2D eigenvalue weighted by molar-refractivity contribution is 0.431. The molecule has 1 aliphatic carbocycles.